The van der Waals surface area contributed by atoms with Crippen molar-refractivity contribution in [2.24, 2.45) is 10.7 Å². The summed E-state index contributed by atoms with van der Waals surface area (Å²) >= 11 is 0. The van der Waals surface area contributed by atoms with Gasteiger partial charge in [0, 0.05) is 11.1 Å². The van der Waals surface area contributed by atoms with Crippen LogP contribution in [0.25, 0.3) is 5.70 Å². The van der Waals surface area contributed by atoms with Crippen LogP contribution in [0.2, 0.25) is 0 Å². The van der Waals surface area contributed by atoms with E-state index in [4.69, 9.17) is 10.2 Å². The average molecular weight is 368 g/mol. The zero-order valence-corrected chi connectivity index (χ0v) is 15.2. The highest BCUT2D eigenvalue weighted by atomic mass is 19.4. The van der Waals surface area contributed by atoms with Crippen LogP contribution in [-0.4, -0.2) is 17.4 Å². The number of phenolic OH excluding ortho intramolecular Hbond substituents is 1. The van der Waals surface area contributed by atoms with Gasteiger partial charge in [-0.05, 0) is 30.3 Å². The van der Waals surface area contributed by atoms with Gasteiger partial charge in [0.1, 0.15) is 5.75 Å². The standard InChI is InChI=1S/C15H11F3N2O2.2C2H6/c16-15(17,18)8-1-2-9(12(21)7-8)13-10-4-6-22-14(10)11(19)3-5-20-13;2*1-2/h1-4,6-7,21H,5,19H2;2*1-2H3. The summed E-state index contributed by atoms with van der Waals surface area (Å²) in [5.41, 5.74) is 6.37. The van der Waals surface area contributed by atoms with Gasteiger partial charge in [0.25, 0.3) is 0 Å². The Kier molecular flexibility index (Phi) is 7.49. The van der Waals surface area contributed by atoms with Crippen molar-refractivity contribution in [3.8, 4) is 5.75 Å². The molecule has 1 aromatic heterocycles. The van der Waals surface area contributed by atoms with Crippen molar-refractivity contribution in [2.45, 2.75) is 33.9 Å². The van der Waals surface area contributed by atoms with Crippen LogP contribution in [0.1, 0.15) is 50.1 Å². The summed E-state index contributed by atoms with van der Waals surface area (Å²) in [6.07, 6.45) is -1.47. The number of hydrogen-bond donors (Lipinski definition) is 2. The summed E-state index contributed by atoms with van der Waals surface area (Å²) in [6.45, 7) is 8.24. The van der Waals surface area contributed by atoms with Crippen molar-refractivity contribution < 1.29 is 22.7 Å². The van der Waals surface area contributed by atoms with Gasteiger partial charge in [0.15, 0.2) is 5.76 Å². The highest BCUT2D eigenvalue weighted by molar-refractivity contribution is 6.16. The van der Waals surface area contributed by atoms with Gasteiger partial charge in [-0.3, -0.25) is 4.99 Å². The van der Waals surface area contributed by atoms with E-state index in [1.807, 2.05) is 27.7 Å². The molecule has 26 heavy (non-hydrogen) atoms. The van der Waals surface area contributed by atoms with Crippen LogP contribution in [0.5, 0.6) is 5.75 Å². The van der Waals surface area contributed by atoms with Crippen molar-refractivity contribution >= 4 is 11.4 Å². The van der Waals surface area contributed by atoms with Gasteiger partial charge in [0.05, 0.1) is 29.8 Å². The van der Waals surface area contributed by atoms with Gasteiger partial charge >= 0.3 is 6.18 Å². The predicted octanol–water partition coefficient (Wildman–Crippen LogP) is 5.21. The van der Waals surface area contributed by atoms with Gasteiger partial charge in [0.2, 0.25) is 0 Å². The molecule has 0 radical (unpaired) electrons. The molecule has 0 saturated heterocycles. The van der Waals surface area contributed by atoms with Crippen molar-refractivity contribution in [1.29, 1.82) is 0 Å². The first-order valence-electron chi connectivity index (χ1n) is 8.37. The minimum atomic E-state index is -4.52. The first-order chi connectivity index (χ1) is 12.4. The predicted molar refractivity (Wildman–Crippen MR) is 97.2 cm³/mol. The second-order valence-electron chi connectivity index (χ2n) is 4.74. The number of benzene rings is 1. The first kappa shape index (κ1) is 21.3. The molecule has 1 aromatic carbocycles. The molecule has 4 nitrogen and oxygen atoms in total. The summed E-state index contributed by atoms with van der Waals surface area (Å²) < 4.78 is 43.3. The minimum Gasteiger partial charge on any atom is -0.507 e. The molecule has 0 amide bonds. The molecule has 1 aliphatic heterocycles. The van der Waals surface area contributed by atoms with Crippen molar-refractivity contribution in [3.05, 3.63) is 59.1 Å². The molecule has 3 N–H and O–H groups in total. The van der Waals surface area contributed by atoms with E-state index < -0.39 is 17.5 Å². The Hall–Kier alpha value is -2.70. The Labute approximate surface area is 150 Å². The quantitative estimate of drug-likeness (QED) is 0.726. The molecule has 1 aliphatic rings. The van der Waals surface area contributed by atoms with Crippen molar-refractivity contribution in [3.63, 3.8) is 0 Å². The second-order valence-corrected chi connectivity index (χ2v) is 4.74. The Balaban J connectivity index is 0.000000791. The molecule has 2 heterocycles. The zero-order chi connectivity index (χ0) is 19.9. The third-order valence-corrected chi connectivity index (χ3v) is 3.32. The van der Waals surface area contributed by atoms with Gasteiger partial charge < -0.3 is 15.3 Å². The molecule has 0 saturated carbocycles. The molecular formula is C19H23F3N2O2. The number of halogens is 3. The Morgan fingerprint density at radius 3 is 2.31 bits per heavy atom. The van der Waals surface area contributed by atoms with Crippen LogP contribution in [0, 0.1) is 0 Å². The van der Waals surface area contributed by atoms with Gasteiger partial charge in [-0.1, -0.05) is 27.7 Å². The molecule has 2 aromatic rings. The fourth-order valence-corrected chi connectivity index (χ4v) is 2.27. The topological polar surface area (TPSA) is 71.8 Å². The van der Waals surface area contributed by atoms with E-state index >= 15 is 0 Å². The van der Waals surface area contributed by atoms with Crippen LogP contribution in [0.4, 0.5) is 13.2 Å². The van der Waals surface area contributed by atoms with E-state index in [0.717, 1.165) is 6.07 Å². The van der Waals surface area contributed by atoms with E-state index in [1.165, 1.54) is 12.3 Å². The molecule has 3 rings (SSSR count). The number of furan rings is 1. The lowest BCUT2D eigenvalue weighted by Gasteiger charge is -2.11. The van der Waals surface area contributed by atoms with Crippen LogP contribution in [0.3, 0.4) is 0 Å². The number of hydrogen-bond acceptors (Lipinski definition) is 4. The van der Waals surface area contributed by atoms with E-state index in [1.54, 1.807) is 12.1 Å². The highest BCUT2D eigenvalue weighted by Crippen LogP contribution is 2.34. The number of fused-ring (bicyclic) bond motifs is 1. The fraction of sp³-hybridized carbons (Fsp3) is 0.316. The number of rotatable bonds is 1. The second kappa shape index (κ2) is 9.12. The summed E-state index contributed by atoms with van der Waals surface area (Å²) in [7, 11) is 0. The average Bonchev–Trinajstić information content (AvgIpc) is 3.06. The molecule has 0 unspecified atom stereocenters. The lowest BCUT2D eigenvalue weighted by molar-refractivity contribution is -0.137. The summed E-state index contributed by atoms with van der Waals surface area (Å²) in [6, 6.07) is 4.38. The Morgan fingerprint density at radius 1 is 1.08 bits per heavy atom. The third kappa shape index (κ3) is 4.47. The van der Waals surface area contributed by atoms with Gasteiger partial charge in [-0.15, -0.1) is 0 Å². The lowest BCUT2D eigenvalue weighted by atomic mass is 9.99. The van der Waals surface area contributed by atoms with E-state index in [-0.39, 0.29) is 12.1 Å². The summed E-state index contributed by atoms with van der Waals surface area (Å²) in [5, 5.41) is 9.97. The van der Waals surface area contributed by atoms with Crippen molar-refractivity contribution in [1.82, 2.24) is 0 Å². The van der Waals surface area contributed by atoms with Crippen LogP contribution in [-0.2, 0) is 6.18 Å². The molecular weight excluding hydrogens is 345 g/mol. The molecule has 0 fully saturated rings. The molecule has 0 spiro atoms. The summed E-state index contributed by atoms with van der Waals surface area (Å²) in [5.74, 6) is -0.114. The van der Waals surface area contributed by atoms with Gasteiger partial charge in [-0.2, -0.15) is 13.2 Å². The maximum atomic E-state index is 12.7. The molecule has 7 heteroatoms. The summed E-state index contributed by atoms with van der Waals surface area (Å²) in [4.78, 5) is 4.27. The number of aliphatic imine (C=N–C) groups is 1. The molecule has 0 atom stereocenters. The van der Waals surface area contributed by atoms with E-state index in [2.05, 4.69) is 4.99 Å². The number of phenols is 1. The fourth-order valence-electron chi connectivity index (χ4n) is 2.27. The first-order valence-corrected chi connectivity index (χ1v) is 8.37. The van der Waals surface area contributed by atoms with E-state index in [0.29, 0.717) is 28.8 Å². The molecule has 142 valence electrons. The lowest BCUT2D eigenvalue weighted by Crippen LogP contribution is -2.09. The van der Waals surface area contributed by atoms with Crippen LogP contribution >= 0.6 is 0 Å². The Morgan fingerprint density at radius 2 is 1.73 bits per heavy atom. The smallest absolute Gasteiger partial charge is 0.416 e. The zero-order valence-electron chi connectivity index (χ0n) is 15.2. The SMILES string of the molecule is CC.CC.NC1=CCN=C(c2ccc(C(F)(F)F)cc2O)c2ccoc21. The normalized spacial score (nSPS) is 13.0. The minimum absolute atomic E-state index is 0.193. The van der Waals surface area contributed by atoms with E-state index in [9.17, 15) is 18.3 Å². The maximum absolute atomic E-state index is 12.7. The van der Waals surface area contributed by atoms with Crippen LogP contribution in [0.15, 0.2) is 46.0 Å². The number of nitrogens with two attached hydrogens (primary N) is 1. The monoisotopic (exact) mass is 368 g/mol. The Bertz CT molecular complexity index is 790. The van der Waals surface area contributed by atoms with Gasteiger partial charge in [-0.25, -0.2) is 0 Å². The molecule has 0 bridgehead atoms. The number of aromatic hydroxyl groups is 1. The van der Waals surface area contributed by atoms with Crippen LogP contribution < -0.4 is 5.73 Å². The van der Waals surface area contributed by atoms with Crippen molar-refractivity contribution in [2.75, 3.05) is 6.54 Å². The molecule has 0 aliphatic carbocycles. The maximum Gasteiger partial charge on any atom is 0.416 e. The highest BCUT2D eigenvalue weighted by Gasteiger charge is 2.32. The third-order valence-electron chi connectivity index (χ3n) is 3.32. The number of nitrogens with zero attached hydrogens (tertiary/aromatic N) is 1. The number of alkyl halides is 3. The largest absolute Gasteiger partial charge is 0.507 e.